The van der Waals surface area contributed by atoms with Crippen molar-refractivity contribution in [3.8, 4) is 0 Å². The van der Waals surface area contributed by atoms with Gasteiger partial charge in [0.2, 0.25) is 0 Å². The molecule has 8 aromatic carbocycles. The molecule has 30 nitrogen and oxygen atoms in total. The zero-order valence-corrected chi connectivity index (χ0v) is 72.7. The summed E-state index contributed by atoms with van der Waals surface area (Å²) in [6, 6.07) is 54.0. The SMILES string of the molecule is CC(C)(C(=O)O)c1ccc([N+](=O)[O-])cc1.CC(C)(C(=O)O)c1ccc([N+](=O)[O-])cc1.CC(C)(C(=O)O)c1ccccc1.CN(C)CC(C)(C)c1ccc(N)cc1.CNC.COCC(C)(C)c1ccc(N)cc1.Cc1ccc(S(=O)(=O)Cl)cc1.Cc1ccc(S(=O)(=O)OC(=O)C(C)(C)c2ccc([N+](=O)[O-])cc2)cc1.O=NO[O-].[K+]. The van der Waals surface area contributed by atoms with Gasteiger partial charge in [0, 0.05) is 82.9 Å². The Balaban J connectivity index is 0. The Morgan fingerprint density at radius 2 is 0.743 bits per heavy atom. The van der Waals surface area contributed by atoms with E-state index in [1.54, 1.807) is 79.8 Å². The standard InChI is InChI=1S/C17H17NO6S.C12H20N2.C11H17NO.2C10H11NO4.C10H12O2.C7H7ClO2S.C2H7N.K.HNO3/c1-12-4-10-15(11-5-12)25(22,23)24-16(19)17(2,3)13-6-8-14(9-7-13)18(20)21;1-12(2,9-14(3)4)10-5-7-11(13)8-6-10;1-11(2,8-13-3)9-4-6-10(12)7-5-9;2*1-10(2,9(12)13)7-3-5-8(6-4-7)11(14)15;1-10(2,9(11)12)8-6-4-3-5-7-8;1-6-2-4-7(5-3-6)11(8,9)10;1-3-2;;2-1-4-3/h4-11H,1-3H3;5-8H,9,13H2,1-4H3;4-7H,8,12H2,1-3H3;2*3-6H,1-2H3,(H,12,13);3-7H,1-2H3,(H,11,12);2-5H,1H3;3H,1-2H3;;3H/q;;;;;;;;+1;/p-1. The number of hydrogen-bond acceptors (Lipinski definition) is 24. The Bertz CT molecular complexity index is 4460. The molecule has 0 fully saturated rings. The molecule has 0 saturated heterocycles. The molecule has 34 heteroatoms. The number of methoxy groups -OCH3 is 1. The summed E-state index contributed by atoms with van der Waals surface area (Å²) in [7, 11) is 6.95. The van der Waals surface area contributed by atoms with Crippen LogP contribution in [-0.4, -0.2) is 124 Å². The quantitative estimate of drug-likeness (QED) is 0.00569. The van der Waals surface area contributed by atoms with E-state index >= 15 is 0 Å². The number of carbonyl (C=O) groups is 4. The summed E-state index contributed by atoms with van der Waals surface area (Å²) < 4.78 is 55.8. The Kier molecular flexibility index (Phi) is 45.3. The number of anilines is 2. The first-order valence-electron chi connectivity index (χ1n) is 33.7. The number of non-ortho nitro benzene ring substituents is 3. The van der Waals surface area contributed by atoms with Crippen molar-refractivity contribution < 1.29 is 137 Å². The van der Waals surface area contributed by atoms with Crippen molar-refractivity contribution in [2.24, 2.45) is 5.34 Å². The van der Waals surface area contributed by atoms with Crippen molar-refractivity contribution in [1.82, 2.24) is 10.2 Å². The minimum atomic E-state index is -4.25. The largest absolute Gasteiger partial charge is 1.00 e. The molecule has 0 unspecified atom stereocenters. The zero-order chi connectivity index (χ0) is 86.6. The minimum Gasteiger partial charge on any atom is -0.635 e. The van der Waals surface area contributed by atoms with Gasteiger partial charge in [-0.3, -0.25) is 44.7 Å². The summed E-state index contributed by atoms with van der Waals surface area (Å²) in [6.07, 6.45) is 0. The number of hydrogen-bond donors (Lipinski definition) is 6. The number of likely N-dealkylation sites (N-methyl/N-ethyl adjacent to an activating group) is 1. The van der Waals surface area contributed by atoms with Gasteiger partial charge in [-0.25, -0.2) is 13.2 Å². The van der Waals surface area contributed by atoms with E-state index in [2.05, 4.69) is 69.1 Å². The van der Waals surface area contributed by atoms with Crippen molar-refractivity contribution in [1.29, 1.82) is 0 Å². The molecule has 0 spiro atoms. The topological polar surface area (TPSA) is 474 Å². The molecule has 0 aliphatic rings. The van der Waals surface area contributed by atoms with E-state index in [0.717, 1.165) is 41.2 Å². The summed E-state index contributed by atoms with van der Waals surface area (Å²) >= 11 is 0. The van der Waals surface area contributed by atoms with Crippen LogP contribution in [0, 0.1) is 49.1 Å². The molecule has 0 heterocycles. The van der Waals surface area contributed by atoms with Gasteiger partial charge in [0.25, 0.3) is 26.1 Å². The van der Waals surface area contributed by atoms with Gasteiger partial charge >= 0.3 is 85.4 Å². The maximum absolute atomic E-state index is 12.4. The molecule has 8 N–H and O–H groups in total. The van der Waals surface area contributed by atoms with Gasteiger partial charge in [0.15, 0.2) is 0 Å². The molecule has 8 rings (SSSR count). The molecule has 0 saturated carbocycles. The average molecular weight is 1650 g/mol. The van der Waals surface area contributed by atoms with Crippen LogP contribution in [0.4, 0.5) is 28.4 Å². The molecule has 0 aliphatic heterocycles. The predicted molar refractivity (Wildman–Crippen MR) is 429 cm³/mol. The molecular weight excluding hydrogens is 1550 g/mol. The number of carbonyl (C=O) groups excluding carboxylic acids is 1. The third-order valence-corrected chi connectivity index (χ3v) is 19.0. The van der Waals surface area contributed by atoms with E-state index < -0.39 is 79.5 Å². The fourth-order valence-corrected chi connectivity index (χ4v) is 10.9. The number of nitrogens with zero attached hydrogens (tertiary/aromatic N) is 5. The molecular formula is C79H102ClKN8O22S2. The Hall–Kier alpha value is -9.49. The van der Waals surface area contributed by atoms with Crippen molar-refractivity contribution >= 4 is 82.2 Å². The fraction of sp³-hybridized carbons (Fsp3) is 0.342. The van der Waals surface area contributed by atoms with E-state index in [0.29, 0.717) is 16.7 Å². The van der Waals surface area contributed by atoms with Crippen LogP contribution in [0.2, 0.25) is 0 Å². The molecule has 113 heavy (non-hydrogen) atoms. The van der Waals surface area contributed by atoms with E-state index in [1.807, 2.05) is 87.7 Å². The molecule has 0 aliphatic carbocycles. The van der Waals surface area contributed by atoms with Gasteiger partial charge in [-0.15, -0.1) is 4.91 Å². The molecule has 0 amide bonds. The maximum Gasteiger partial charge on any atom is 1.00 e. The van der Waals surface area contributed by atoms with E-state index in [1.165, 1.54) is 127 Å². The number of nitrogens with one attached hydrogen (secondary N) is 1. The van der Waals surface area contributed by atoms with E-state index in [4.69, 9.17) is 56.6 Å². The Morgan fingerprint density at radius 1 is 0.478 bits per heavy atom. The van der Waals surface area contributed by atoms with Gasteiger partial charge in [0.1, 0.15) is 10.2 Å². The Labute approximate surface area is 707 Å². The Morgan fingerprint density at radius 3 is 1.00 bits per heavy atom. The van der Waals surface area contributed by atoms with Gasteiger partial charge < -0.3 is 56.2 Å². The second kappa shape index (κ2) is 48.5. The van der Waals surface area contributed by atoms with Crippen molar-refractivity contribution in [2.45, 2.75) is 139 Å². The molecule has 8 aromatic rings. The van der Waals surface area contributed by atoms with Crippen LogP contribution >= 0.6 is 10.7 Å². The summed E-state index contributed by atoms with van der Waals surface area (Å²) in [4.78, 5) is 87.9. The van der Waals surface area contributed by atoms with Crippen LogP contribution < -0.4 is 73.4 Å². The second-order valence-electron chi connectivity index (χ2n) is 28.4. The fourth-order valence-electron chi connectivity index (χ4n) is 9.19. The normalized spacial score (nSPS) is 11.0. The molecule has 0 atom stereocenters. The number of rotatable bonds is 21. The van der Waals surface area contributed by atoms with Crippen molar-refractivity contribution in [3.63, 3.8) is 0 Å². The zero-order valence-electron chi connectivity index (χ0n) is 67.2. The molecule has 0 aromatic heterocycles. The first-order valence-corrected chi connectivity index (χ1v) is 37.5. The second-order valence-corrected chi connectivity index (χ2v) is 32.5. The van der Waals surface area contributed by atoms with Crippen LogP contribution in [0.5, 0.6) is 0 Å². The third-order valence-electron chi connectivity index (χ3n) is 16.4. The maximum atomic E-state index is 12.4. The van der Waals surface area contributed by atoms with Crippen LogP contribution in [-0.2, 0) is 84.7 Å². The van der Waals surface area contributed by atoms with Crippen LogP contribution in [0.25, 0.3) is 0 Å². The van der Waals surface area contributed by atoms with Gasteiger partial charge in [-0.2, -0.15) is 8.42 Å². The van der Waals surface area contributed by atoms with E-state index in [-0.39, 0.29) is 89.1 Å². The number of ether oxygens (including phenoxy) is 1. The van der Waals surface area contributed by atoms with Crippen LogP contribution in [0.3, 0.4) is 0 Å². The van der Waals surface area contributed by atoms with Crippen molar-refractivity contribution in [2.75, 3.05) is 59.9 Å². The number of aliphatic carboxylic acids is 3. The number of carboxylic acid groups (broad SMARTS) is 3. The average Bonchev–Trinajstić information content (AvgIpc) is 0.774. The monoisotopic (exact) mass is 1650 g/mol. The summed E-state index contributed by atoms with van der Waals surface area (Å²) in [5.74, 6) is -3.69. The number of halogens is 1. The summed E-state index contributed by atoms with van der Waals surface area (Å²) in [5.41, 5.74) is 15.6. The number of nitrogen functional groups attached to an aromatic ring is 2. The number of carboxylic acids is 3. The molecule has 0 bridgehead atoms. The number of nitro benzene ring substituents is 3. The molecule has 0 radical (unpaired) electrons. The predicted octanol–water partition coefficient (Wildman–Crippen LogP) is 11.1. The number of nitrogens with two attached hydrogens (primary N) is 2. The first kappa shape index (κ1) is 106. The van der Waals surface area contributed by atoms with Crippen LogP contribution in [0.15, 0.2) is 215 Å². The minimum absolute atomic E-state index is 0. The number of aryl methyl sites for hydroxylation is 2. The number of benzene rings is 8. The smallest absolute Gasteiger partial charge is 0.635 e. The summed E-state index contributed by atoms with van der Waals surface area (Å²) in [5, 5.41) is 70.7. The summed E-state index contributed by atoms with van der Waals surface area (Å²) in [6.45, 7) is 26.8. The van der Waals surface area contributed by atoms with Gasteiger partial charge in [-0.1, -0.05) is 154 Å². The van der Waals surface area contributed by atoms with Crippen LogP contribution in [0.1, 0.15) is 128 Å². The number of nitro groups is 3. The van der Waals surface area contributed by atoms with Gasteiger partial charge in [0.05, 0.1) is 47.9 Å². The van der Waals surface area contributed by atoms with E-state index in [9.17, 15) is 66.4 Å². The van der Waals surface area contributed by atoms with Gasteiger partial charge in [-0.05, 0) is 179 Å². The molecule has 610 valence electrons. The van der Waals surface area contributed by atoms with Crippen molar-refractivity contribution in [3.05, 3.63) is 280 Å². The first-order chi connectivity index (χ1) is 51.6. The third kappa shape index (κ3) is 36.9.